The fourth-order valence-electron chi connectivity index (χ4n) is 3.71. The summed E-state index contributed by atoms with van der Waals surface area (Å²) in [5, 5.41) is 0. The van der Waals surface area contributed by atoms with Crippen molar-refractivity contribution < 1.29 is 13.9 Å². The van der Waals surface area contributed by atoms with E-state index in [1.807, 2.05) is 11.5 Å². The van der Waals surface area contributed by atoms with Crippen molar-refractivity contribution in [1.82, 2.24) is 23.1 Å². The van der Waals surface area contributed by atoms with Crippen LogP contribution in [-0.2, 0) is 24.9 Å². The highest BCUT2D eigenvalue weighted by atomic mass is 19.1. The summed E-state index contributed by atoms with van der Waals surface area (Å²) in [6.07, 6.45) is 2.55. The summed E-state index contributed by atoms with van der Waals surface area (Å²) in [4.78, 5) is 43.2. The van der Waals surface area contributed by atoms with Crippen LogP contribution >= 0.6 is 0 Å². The lowest BCUT2D eigenvalue weighted by atomic mass is 10.1. The normalized spacial score (nSPS) is 11.6. The number of hydrogen-bond acceptors (Lipinski definition) is 5. The number of rotatable bonds is 7. The van der Waals surface area contributed by atoms with Gasteiger partial charge in [-0.15, -0.1) is 0 Å². The molecule has 0 N–H and O–H groups in total. The smallest absolute Gasteiger partial charge is 0.332 e. The van der Waals surface area contributed by atoms with E-state index in [1.54, 1.807) is 17.7 Å². The molecule has 4 aromatic rings. The number of aryl methyl sites for hydroxylation is 3. The third-order valence-electron chi connectivity index (χ3n) is 5.34. The Bertz CT molecular complexity index is 1410. The summed E-state index contributed by atoms with van der Waals surface area (Å²) < 4.78 is 24.0. The lowest BCUT2D eigenvalue weighted by Crippen LogP contribution is -2.41. The highest BCUT2D eigenvalue weighted by Gasteiger charge is 2.21. The van der Waals surface area contributed by atoms with E-state index >= 15 is 0 Å². The van der Waals surface area contributed by atoms with Gasteiger partial charge in [0.1, 0.15) is 5.82 Å². The maximum Gasteiger partial charge on any atom is 0.332 e. The van der Waals surface area contributed by atoms with Crippen LogP contribution in [0, 0.1) is 12.7 Å². The van der Waals surface area contributed by atoms with Gasteiger partial charge in [-0.2, -0.15) is 4.98 Å². The van der Waals surface area contributed by atoms with Gasteiger partial charge in [-0.05, 0) is 37.6 Å². The number of carbonyl (C=O) groups excluding carboxylic acids is 1. The number of nitrogens with zero attached hydrogens (tertiary/aromatic N) is 5. The molecule has 3 heterocycles. The number of benzene rings is 1. The maximum atomic E-state index is 13.2. The molecule has 0 spiro atoms. The molecule has 9 nitrogen and oxygen atoms in total. The molecule has 10 heteroatoms. The van der Waals surface area contributed by atoms with E-state index in [2.05, 4.69) is 4.98 Å². The van der Waals surface area contributed by atoms with Gasteiger partial charge in [0.25, 0.3) is 5.56 Å². The van der Waals surface area contributed by atoms with Crippen LogP contribution in [0.5, 0.6) is 0 Å². The zero-order valence-corrected chi connectivity index (χ0v) is 17.5. The summed E-state index contributed by atoms with van der Waals surface area (Å²) >= 11 is 0. The first-order chi connectivity index (χ1) is 14.8. The lowest BCUT2D eigenvalue weighted by Gasteiger charge is -2.08. The van der Waals surface area contributed by atoms with Crippen LogP contribution in [0.15, 0.2) is 40.1 Å². The Labute approximate surface area is 175 Å². The number of imidazole rings is 2. The third kappa shape index (κ3) is 3.48. The number of hydrogen-bond donors (Lipinski definition) is 0. The molecule has 0 atom stereocenters. The first kappa shape index (κ1) is 20.7. The second-order valence-electron chi connectivity index (χ2n) is 7.39. The molecule has 0 saturated heterocycles. The number of Topliss-reactive ketones (excluding diaryl/α,β-unsaturated/α-hetero) is 1. The number of ketones is 1. The molecule has 0 bridgehead atoms. The molecule has 0 aliphatic rings. The second-order valence-corrected chi connectivity index (χ2v) is 7.39. The average molecular weight is 427 g/mol. The average Bonchev–Trinajstić information content (AvgIpc) is 3.25. The van der Waals surface area contributed by atoms with Crippen LogP contribution in [0.3, 0.4) is 0 Å². The van der Waals surface area contributed by atoms with Crippen LogP contribution in [0.1, 0.15) is 22.5 Å². The van der Waals surface area contributed by atoms with E-state index in [0.29, 0.717) is 18.9 Å². The third-order valence-corrected chi connectivity index (χ3v) is 5.34. The summed E-state index contributed by atoms with van der Waals surface area (Å²) in [7, 11) is 3.14. The van der Waals surface area contributed by atoms with Crippen molar-refractivity contribution in [3.8, 4) is 0 Å². The van der Waals surface area contributed by atoms with Gasteiger partial charge < -0.3 is 9.30 Å². The molecule has 0 unspecified atom stereocenters. The van der Waals surface area contributed by atoms with Gasteiger partial charge >= 0.3 is 5.69 Å². The van der Waals surface area contributed by atoms with Crippen LogP contribution in [0.4, 0.5) is 4.39 Å². The molecule has 162 valence electrons. The molecule has 1 aromatic carbocycles. The van der Waals surface area contributed by atoms with Crippen molar-refractivity contribution >= 4 is 22.7 Å². The zero-order valence-electron chi connectivity index (χ0n) is 17.5. The molecule has 0 amide bonds. The Balaban J connectivity index is 1.84. The van der Waals surface area contributed by atoms with E-state index in [4.69, 9.17) is 4.74 Å². The fourth-order valence-corrected chi connectivity index (χ4v) is 3.71. The van der Waals surface area contributed by atoms with Crippen LogP contribution in [0.2, 0.25) is 0 Å². The molecule has 4 rings (SSSR count). The Morgan fingerprint density at radius 3 is 2.55 bits per heavy atom. The van der Waals surface area contributed by atoms with Crippen LogP contribution < -0.4 is 11.2 Å². The number of aromatic nitrogens is 5. The highest BCUT2D eigenvalue weighted by molar-refractivity contribution is 5.96. The Morgan fingerprint density at radius 2 is 1.87 bits per heavy atom. The number of carbonyl (C=O) groups is 1. The molecule has 0 saturated carbocycles. The maximum absolute atomic E-state index is 13.2. The number of ether oxygens (including phenoxy) is 1. The molecule has 31 heavy (non-hydrogen) atoms. The lowest BCUT2D eigenvalue weighted by molar-refractivity contribution is 0.0969. The van der Waals surface area contributed by atoms with E-state index in [0.717, 1.165) is 28.8 Å². The van der Waals surface area contributed by atoms with Crippen LogP contribution in [0.25, 0.3) is 16.9 Å². The van der Waals surface area contributed by atoms with Gasteiger partial charge in [-0.3, -0.25) is 23.1 Å². The van der Waals surface area contributed by atoms with Crippen molar-refractivity contribution in [3.63, 3.8) is 0 Å². The summed E-state index contributed by atoms with van der Waals surface area (Å²) in [5.41, 5.74) is 0.344. The summed E-state index contributed by atoms with van der Waals surface area (Å²) in [5.74, 6) is -0.399. The minimum absolute atomic E-state index is 0.217. The van der Waals surface area contributed by atoms with E-state index < -0.39 is 29.4 Å². The van der Waals surface area contributed by atoms with Crippen molar-refractivity contribution in [2.45, 2.75) is 26.4 Å². The SMILES string of the molecule is COCCCn1c(C)cn2c3c(=O)n(CC(=O)c4ccc(F)cc4)c(=O)n(C)c3nc12. The van der Waals surface area contributed by atoms with Gasteiger partial charge in [0.2, 0.25) is 5.78 Å². The Morgan fingerprint density at radius 1 is 1.16 bits per heavy atom. The monoisotopic (exact) mass is 427 g/mol. The topological polar surface area (TPSA) is 92.5 Å². The predicted octanol–water partition coefficient (Wildman–Crippen LogP) is 1.52. The van der Waals surface area contributed by atoms with Crippen LogP contribution in [-0.4, -0.2) is 42.6 Å². The van der Waals surface area contributed by atoms with Crippen molar-refractivity contribution in [3.05, 3.63) is 68.4 Å². The molecular weight excluding hydrogens is 405 g/mol. The van der Waals surface area contributed by atoms with Gasteiger partial charge in [0.15, 0.2) is 16.9 Å². The second kappa shape index (κ2) is 7.95. The van der Waals surface area contributed by atoms with E-state index in [1.165, 1.54) is 23.7 Å². The fraction of sp³-hybridized carbons (Fsp3) is 0.333. The zero-order chi connectivity index (χ0) is 22.3. The highest BCUT2D eigenvalue weighted by Crippen LogP contribution is 2.16. The Kier molecular flexibility index (Phi) is 5.32. The summed E-state index contributed by atoms with van der Waals surface area (Å²) in [6, 6.07) is 4.97. The number of fused-ring (bicyclic) bond motifs is 3. The molecule has 0 fully saturated rings. The number of methoxy groups -OCH3 is 1. The Hall–Kier alpha value is -3.53. The first-order valence-electron chi connectivity index (χ1n) is 9.79. The van der Waals surface area contributed by atoms with Crippen molar-refractivity contribution in [2.24, 2.45) is 7.05 Å². The van der Waals surface area contributed by atoms with Gasteiger partial charge in [0.05, 0.1) is 6.54 Å². The van der Waals surface area contributed by atoms with E-state index in [-0.39, 0.29) is 16.7 Å². The number of halogens is 1. The van der Waals surface area contributed by atoms with Gasteiger partial charge in [0, 0.05) is 44.8 Å². The van der Waals surface area contributed by atoms with Gasteiger partial charge in [-0.1, -0.05) is 0 Å². The standard InChI is InChI=1S/C21H22FN5O4/c1-13-11-26-17-18(23-20(26)25(13)9-4-10-31-3)24(2)21(30)27(19(17)29)12-16(28)14-5-7-15(22)8-6-14/h5-8,11H,4,9-10,12H2,1-3H3. The molecule has 0 aliphatic carbocycles. The summed E-state index contributed by atoms with van der Waals surface area (Å²) in [6.45, 7) is 2.69. The van der Waals surface area contributed by atoms with Crippen molar-refractivity contribution in [2.75, 3.05) is 13.7 Å². The molecule has 3 aromatic heterocycles. The minimum atomic E-state index is -0.642. The molecular formula is C21H22FN5O4. The largest absolute Gasteiger partial charge is 0.385 e. The predicted molar refractivity (Wildman–Crippen MR) is 112 cm³/mol. The van der Waals surface area contributed by atoms with Crippen molar-refractivity contribution in [1.29, 1.82) is 0 Å². The molecule has 0 radical (unpaired) electrons. The quantitative estimate of drug-likeness (QED) is 0.329. The van der Waals surface area contributed by atoms with Gasteiger partial charge in [-0.25, -0.2) is 9.18 Å². The first-order valence-corrected chi connectivity index (χ1v) is 9.79. The molecule has 0 aliphatic heterocycles. The van der Waals surface area contributed by atoms with E-state index in [9.17, 15) is 18.8 Å². The minimum Gasteiger partial charge on any atom is -0.385 e.